The lowest BCUT2D eigenvalue weighted by Gasteiger charge is -2.05. The van der Waals surface area contributed by atoms with Crippen LogP contribution in [0, 0.1) is 5.92 Å². The maximum absolute atomic E-state index is 11.9. The molecular formula is C11H13F2NO. The highest BCUT2D eigenvalue weighted by atomic mass is 19.3. The molecule has 0 unspecified atom stereocenters. The summed E-state index contributed by atoms with van der Waals surface area (Å²) >= 11 is 0. The fourth-order valence-corrected chi connectivity index (χ4v) is 1.81. The lowest BCUT2D eigenvalue weighted by molar-refractivity contribution is -0.0498. The molecule has 82 valence electrons. The molecule has 2 N–H and O–H groups in total. The van der Waals surface area contributed by atoms with E-state index in [9.17, 15) is 8.78 Å². The number of nitrogens with two attached hydrogens (primary N) is 1. The molecular weight excluding hydrogens is 200 g/mol. The van der Waals surface area contributed by atoms with Crippen molar-refractivity contribution < 1.29 is 13.5 Å². The smallest absolute Gasteiger partial charge is 0.387 e. The molecule has 15 heavy (non-hydrogen) atoms. The van der Waals surface area contributed by atoms with Gasteiger partial charge in [0.15, 0.2) is 0 Å². The molecule has 0 bridgehead atoms. The van der Waals surface area contributed by atoms with Crippen LogP contribution in [-0.4, -0.2) is 13.2 Å². The topological polar surface area (TPSA) is 35.2 Å². The Labute approximate surface area is 87.0 Å². The third-order valence-corrected chi connectivity index (χ3v) is 2.76. The van der Waals surface area contributed by atoms with Gasteiger partial charge in [-0.05, 0) is 42.5 Å². The van der Waals surface area contributed by atoms with E-state index in [1.54, 1.807) is 12.1 Å². The minimum absolute atomic E-state index is 0.207. The van der Waals surface area contributed by atoms with Gasteiger partial charge in [-0.2, -0.15) is 8.78 Å². The van der Waals surface area contributed by atoms with Crippen LogP contribution in [0.1, 0.15) is 17.9 Å². The molecule has 1 aliphatic rings. The third-order valence-electron chi connectivity index (χ3n) is 2.76. The van der Waals surface area contributed by atoms with E-state index in [4.69, 9.17) is 5.73 Å². The van der Waals surface area contributed by atoms with Crippen LogP contribution in [0.4, 0.5) is 8.78 Å². The van der Waals surface area contributed by atoms with Crippen LogP contribution in [0.15, 0.2) is 24.3 Å². The summed E-state index contributed by atoms with van der Waals surface area (Å²) < 4.78 is 28.0. The Bertz CT molecular complexity index is 326. The van der Waals surface area contributed by atoms with Crippen LogP contribution in [0.5, 0.6) is 5.75 Å². The average Bonchev–Trinajstić information content (AvgIpc) is 2.97. The number of alkyl halides is 2. The van der Waals surface area contributed by atoms with Gasteiger partial charge in [-0.25, -0.2) is 0 Å². The summed E-state index contributed by atoms with van der Waals surface area (Å²) in [5.74, 6) is 1.28. The van der Waals surface area contributed by atoms with E-state index in [0.29, 0.717) is 18.4 Å². The minimum Gasteiger partial charge on any atom is -0.435 e. The standard InChI is InChI=1S/C11H13F2NO/c12-11(13)15-9-3-1-7(2-4-9)10-5-8(10)6-14/h1-4,8,10-11H,5-6,14H2/t8-,10+/m1/s1. The Morgan fingerprint density at radius 3 is 2.47 bits per heavy atom. The van der Waals surface area contributed by atoms with Crippen molar-refractivity contribution in [2.75, 3.05) is 6.54 Å². The van der Waals surface area contributed by atoms with Crippen LogP contribution in [-0.2, 0) is 0 Å². The van der Waals surface area contributed by atoms with Crippen molar-refractivity contribution in [3.63, 3.8) is 0 Å². The molecule has 1 fully saturated rings. The number of halogens is 2. The van der Waals surface area contributed by atoms with Crippen LogP contribution in [0.25, 0.3) is 0 Å². The van der Waals surface area contributed by atoms with Gasteiger partial charge < -0.3 is 10.5 Å². The van der Waals surface area contributed by atoms with Crippen molar-refractivity contribution >= 4 is 0 Å². The first-order valence-electron chi connectivity index (χ1n) is 4.95. The summed E-state index contributed by atoms with van der Waals surface area (Å²) in [4.78, 5) is 0. The van der Waals surface area contributed by atoms with E-state index >= 15 is 0 Å². The van der Waals surface area contributed by atoms with Crippen molar-refractivity contribution in [3.05, 3.63) is 29.8 Å². The van der Waals surface area contributed by atoms with Gasteiger partial charge in [0.1, 0.15) is 5.75 Å². The molecule has 1 aliphatic carbocycles. The molecule has 1 aromatic rings. The Hall–Kier alpha value is -1.16. The van der Waals surface area contributed by atoms with E-state index in [0.717, 1.165) is 12.0 Å². The number of rotatable bonds is 4. The van der Waals surface area contributed by atoms with E-state index in [2.05, 4.69) is 4.74 Å². The highest BCUT2D eigenvalue weighted by Crippen LogP contribution is 2.46. The zero-order valence-corrected chi connectivity index (χ0v) is 8.20. The van der Waals surface area contributed by atoms with Gasteiger partial charge in [0, 0.05) is 0 Å². The molecule has 2 atom stereocenters. The Morgan fingerprint density at radius 2 is 2.00 bits per heavy atom. The second-order valence-corrected chi connectivity index (χ2v) is 3.79. The first-order valence-corrected chi connectivity index (χ1v) is 4.95. The van der Waals surface area contributed by atoms with Crippen molar-refractivity contribution in [2.24, 2.45) is 11.7 Å². The molecule has 4 heteroatoms. The highest BCUT2D eigenvalue weighted by molar-refractivity contribution is 5.32. The van der Waals surface area contributed by atoms with E-state index in [1.165, 1.54) is 0 Å². The van der Waals surface area contributed by atoms with E-state index in [1.807, 2.05) is 12.1 Å². The summed E-state index contributed by atoms with van der Waals surface area (Å²) in [6.45, 7) is -2.06. The first kappa shape index (κ1) is 10.4. The van der Waals surface area contributed by atoms with Gasteiger partial charge in [0.05, 0.1) is 0 Å². The average molecular weight is 213 g/mol. The lowest BCUT2D eigenvalue weighted by Crippen LogP contribution is -2.03. The van der Waals surface area contributed by atoms with Gasteiger partial charge in [-0.3, -0.25) is 0 Å². The SMILES string of the molecule is NC[C@H]1C[C@H]1c1ccc(OC(F)F)cc1. The summed E-state index contributed by atoms with van der Waals surface area (Å²) in [6, 6.07) is 6.82. The lowest BCUT2D eigenvalue weighted by atomic mass is 10.1. The maximum Gasteiger partial charge on any atom is 0.387 e. The van der Waals surface area contributed by atoms with Gasteiger partial charge in [0.25, 0.3) is 0 Å². The summed E-state index contributed by atoms with van der Waals surface area (Å²) in [5.41, 5.74) is 6.69. The predicted octanol–water partition coefficient (Wildman–Crippen LogP) is 2.35. The molecule has 2 nitrogen and oxygen atoms in total. The van der Waals surface area contributed by atoms with Gasteiger partial charge >= 0.3 is 6.61 Å². The summed E-state index contributed by atoms with van der Waals surface area (Å²) in [6.07, 6.45) is 1.10. The summed E-state index contributed by atoms with van der Waals surface area (Å²) in [5, 5.41) is 0. The third kappa shape index (κ3) is 2.45. The Balaban J connectivity index is 1.99. The molecule has 1 saturated carbocycles. The predicted molar refractivity (Wildman–Crippen MR) is 53.0 cm³/mol. The number of ether oxygens (including phenoxy) is 1. The monoisotopic (exact) mass is 213 g/mol. The van der Waals surface area contributed by atoms with Gasteiger partial charge in [0.2, 0.25) is 0 Å². The van der Waals surface area contributed by atoms with E-state index < -0.39 is 6.61 Å². The molecule has 0 saturated heterocycles. The van der Waals surface area contributed by atoms with E-state index in [-0.39, 0.29) is 5.75 Å². The molecule has 0 heterocycles. The maximum atomic E-state index is 11.9. The molecule has 0 aliphatic heterocycles. The van der Waals surface area contributed by atoms with Gasteiger partial charge in [-0.15, -0.1) is 0 Å². The zero-order valence-electron chi connectivity index (χ0n) is 8.20. The van der Waals surface area contributed by atoms with Crippen LogP contribution >= 0.6 is 0 Å². The Morgan fingerprint density at radius 1 is 1.33 bits per heavy atom. The first-order chi connectivity index (χ1) is 7.20. The summed E-state index contributed by atoms with van der Waals surface area (Å²) in [7, 11) is 0. The van der Waals surface area contributed by atoms with Crippen molar-refractivity contribution in [2.45, 2.75) is 19.0 Å². The number of hydrogen-bond acceptors (Lipinski definition) is 2. The molecule has 0 radical (unpaired) electrons. The van der Waals surface area contributed by atoms with Crippen LogP contribution in [0.3, 0.4) is 0 Å². The molecule has 0 aromatic heterocycles. The second kappa shape index (κ2) is 4.14. The molecule has 2 rings (SSSR count). The van der Waals surface area contributed by atoms with Crippen molar-refractivity contribution in [1.82, 2.24) is 0 Å². The molecule has 0 amide bonds. The molecule has 0 spiro atoms. The second-order valence-electron chi connectivity index (χ2n) is 3.79. The van der Waals surface area contributed by atoms with Crippen molar-refractivity contribution in [1.29, 1.82) is 0 Å². The Kier molecular flexibility index (Phi) is 2.86. The highest BCUT2D eigenvalue weighted by Gasteiger charge is 2.36. The zero-order chi connectivity index (χ0) is 10.8. The fourth-order valence-electron chi connectivity index (χ4n) is 1.81. The normalized spacial score (nSPS) is 24.3. The van der Waals surface area contributed by atoms with Gasteiger partial charge in [-0.1, -0.05) is 12.1 Å². The molecule has 1 aromatic carbocycles. The quantitative estimate of drug-likeness (QED) is 0.833. The largest absolute Gasteiger partial charge is 0.435 e. The van der Waals surface area contributed by atoms with Crippen molar-refractivity contribution in [3.8, 4) is 5.75 Å². The van der Waals surface area contributed by atoms with Crippen LogP contribution < -0.4 is 10.5 Å². The fraction of sp³-hybridized carbons (Fsp3) is 0.455. The number of hydrogen-bond donors (Lipinski definition) is 1. The van der Waals surface area contributed by atoms with Crippen LogP contribution in [0.2, 0.25) is 0 Å². The number of benzene rings is 1. The minimum atomic E-state index is -2.76.